The molecule has 0 spiro atoms. The highest BCUT2D eigenvalue weighted by Gasteiger charge is 2.28. The molecule has 1 fully saturated rings. The van der Waals surface area contributed by atoms with Gasteiger partial charge < -0.3 is 16.3 Å². The molecule has 0 aromatic carbocycles. The number of carbonyl (C=O) groups excluding carboxylic acids is 1. The number of nitrogens with one attached hydrogen (secondary N) is 1. The zero-order chi connectivity index (χ0) is 12.2. The van der Waals surface area contributed by atoms with Crippen LogP contribution in [-0.4, -0.2) is 34.5 Å². The van der Waals surface area contributed by atoms with E-state index in [9.17, 15) is 4.79 Å². The van der Waals surface area contributed by atoms with E-state index in [0.29, 0.717) is 6.54 Å². The topological polar surface area (TPSA) is 87.7 Å². The van der Waals surface area contributed by atoms with Gasteiger partial charge in [0, 0.05) is 12.0 Å². The molecule has 0 aromatic rings. The smallest absolute Gasteiger partial charge is 0.233 e. The Labute approximate surface area is 99.8 Å². The number of nitrogens with zero attached hydrogens (tertiary/aromatic N) is 1. The molecule has 5 nitrogen and oxygen atoms in total. The van der Waals surface area contributed by atoms with Crippen LogP contribution in [0.25, 0.3) is 0 Å². The Morgan fingerprint density at radius 2 is 2.38 bits per heavy atom. The number of amides is 1. The van der Waals surface area contributed by atoms with Crippen LogP contribution >= 0.6 is 11.8 Å². The number of amidine groups is 1. The van der Waals surface area contributed by atoms with Crippen LogP contribution in [0.3, 0.4) is 0 Å². The van der Waals surface area contributed by atoms with Crippen molar-refractivity contribution in [1.29, 1.82) is 0 Å². The highest BCUT2D eigenvalue weighted by Crippen LogP contribution is 2.26. The van der Waals surface area contributed by atoms with Crippen LogP contribution in [0.15, 0.2) is 5.16 Å². The van der Waals surface area contributed by atoms with E-state index in [1.165, 1.54) is 0 Å². The summed E-state index contributed by atoms with van der Waals surface area (Å²) in [6.45, 7) is 4.03. The molecule has 0 aliphatic carbocycles. The average molecular weight is 245 g/mol. The van der Waals surface area contributed by atoms with Gasteiger partial charge in [0.1, 0.15) is 5.84 Å². The van der Waals surface area contributed by atoms with Crippen LogP contribution in [0.1, 0.15) is 26.7 Å². The summed E-state index contributed by atoms with van der Waals surface area (Å²) in [6, 6.07) is 0. The third kappa shape index (κ3) is 3.30. The third-order valence-corrected chi connectivity index (χ3v) is 4.10. The van der Waals surface area contributed by atoms with Crippen molar-refractivity contribution in [3.8, 4) is 0 Å². The van der Waals surface area contributed by atoms with E-state index in [1.54, 1.807) is 11.8 Å². The molecule has 4 N–H and O–H groups in total. The van der Waals surface area contributed by atoms with Crippen molar-refractivity contribution in [3.05, 3.63) is 0 Å². The van der Waals surface area contributed by atoms with Gasteiger partial charge in [0.25, 0.3) is 0 Å². The molecule has 1 heterocycles. The van der Waals surface area contributed by atoms with Crippen molar-refractivity contribution in [2.75, 3.05) is 12.3 Å². The Bertz CT molecular complexity index is 286. The van der Waals surface area contributed by atoms with Gasteiger partial charge in [0.05, 0.1) is 5.25 Å². The lowest BCUT2D eigenvalue weighted by molar-refractivity contribution is -0.120. The normalized spacial score (nSPS) is 22.1. The zero-order valence-corrected chi connectivity index (χ0v) is 10.5. The van der Waals surface area contributed by atoms with Crippen molar-refractivity contribution >= 4 is 23.5 Å². The molecule has 1 amide bonds. The maximum atomic E-state index is 11.7. The van der Waals surface area contributed by atoms with Crippen LogP contribution in [0.2, 0.25) is 0 Å². The predicted octanol–water partition coefficient (Wildman–Crippen LogP) is 0.771. The molecule has 1 saturated heterocycles. The second-order valence-corrected chi connectivity index (χ2v) is 5.90. The highest BCUT2D eigenvalue weighted by atomic mass is 32.2. The van der Waals surface area contributed by atoms with Crippen molar-refractivity contribution in [3.63, 3.8) is 0 Å². The average Bonchev–Trinajstić information content (AvgIpc) is 2.78. The van der Waals surface area contributed by atoms with Gasteiger partial charge in [0.15, 0.2) is 0 Å². The molecule has 1 aliphatic heterocycles. The number of nitrogens with two attached hydrogens (primary N) is 1. The van der Waals surface area contributed by atoms with Crippen LogP contribution < -0.4 is 11.1 Å². The SMILES string of the molecule is CC(C)(CNC(=O)C1CCCS1)C(N)=NO. The summed E-state index contributed by atoms with van der Waals surface area (Å²) in [5.41, 5.74) is 5.01. The van der Waals surface area contributed by atoms with E-state index in [1.807, 2.05) is 13.8 Å². The summed E-state index contributed by atoms with van der Waals surface area (Å²) in [7, 11) is 0. The van der Waals surface area contributed by atoms with Gasteiger partial charge >= 0.3 is 0 Å². The fraction of sp³-hybridized carbons (Fsp3) is 0.800. The number of rotatable bonds is 4. The first-order valence-corrected chi connectivity index (χ1v) is 6.39. The van der Waals surface area contributed by atoms with E-state index in [4.69, 9.17) is 10.9 Å². The first-order chi connectivity index (χ1) is 7.47. The lowest BCUT2D eigenvalue weighted by Gasteiger charge is -2.23. The molecule has 0 bridgehead atoms. The van der Waals surface area contributed by atoms with Crippen LogP contribution in [-0.2, 0) is 4.79 Å². The number of hydrogen-bond acceptors (Lipinski definition) is 4. The molecule has 92 valence electrons. The molecule has 6 heteroatoms. The van der Waals surface area contributed by atoms with Gasteiger partial charge in [-0.3, -0.25) is 4.79 Å². The van der Waals surface area contributed by atoms with Crippen LogP contribution in [0.5, 0.6) is 0 Å². The summed E-state index contributed by atoms with van der Waals surface area (Å²) in [4.78, 5) is 11.7. The van der Waals surface area contributed by atoms with Crippen molar-refractivity contribution in [1.82, 2.24) is 5.32 Å². The summed E-state index contributed by atoms with van der Waals surface area (Å²) >= 11 is 1.69. The van der Waals surface area contributed by atoms with Gasteiger partial charge in [-0.2, -0.15) is 0 Å². The number of hydrogen-bond donors (Lipinski definition) is 3. The second kappa shape index (κ2) is 5.43. The van der Waals surface area contributed by atoms with Gasteiger partial charge in [0.2, 0.25) is 5.91 Å². The standard InChI is InChI=1S/C10H19N3O2S/c1-10(2,9(11)13-15)6-12-8(14)7-4-3-5-16-7/h7,15H,3-6H2,1-2H3,(H2,11,13)(H,12,14). The molecule has 1 unspecified atom stereocenters. The first-order valence-electron chi connectivity index (χ1n) is 5.34. The molecule has 1 aliphatic rings. The second-order valence-electron chi connectivity index (χ2n) is 4.59. The van der Waals surface area contributed by atoms with Crippen molar-refractivity contribution in [2.24, 2.45) is 16.3 Å². The molecule has 0 saturated carbocycles. The van der Waals surface area contributed by atoms with E-state index >= 15 is 0 Å². The number of carbonyl (C=O) groups is 1. The summed E-state index contributed by atoms with van der Waals surface area (Å²) in [6.07, 6.45) is 2.05. The quantitative estimate of drug-likeness (QED) is 0.295. The Kier molecular flexibility index (Phi) is 4.46. The Balaban J connectivity index is 2.41. The Hall–Kier alpha value is -0.910. The summed E-state index contributed by atoms with van der Waals surface area (Å²) in [5.74, 6) is 1.25. The van der Waals surface area contributed by atoms with E-state index in [-0.39, 0.29) is 17.0 Å². The number of thioether (sulfide) groups is 1. The van der Waals surface area contributed by atoms with Gasteiger partial charge in [-0.25, -0.2) is 0 Å². The Morgan fingerprint density at radius 1 is 1.69 bits per heavy atom. The molecule has 0 radical (unpaired) electrons. The minimum atomic E-state index is -0.520. The summed E-state index contributed by atoms with van der Waals surface area (Å²) in [5, 5.41) is 14.5. The van der Waals surface area contributed by atoms with Crippen LogP contribution in [0.4, 0.5) is 0 Å². The van der Waals surface area contributed by atoms with Gasteiger partial charge in [-0.15, -0.1) is 11.8 Å². The zero-order valence-electron chi connectivity index (χ0n) is 9.69. The molecule has 1 atom stereocenters. The number of oxime groups is 1. The van der Waals surface area contributed by atoms with Gasteiger partial charge in [-0.05, 0) is 18.6 Å². The third-order valence-electron chi connectivity index (χ3n) is 2.73. The Morgan fingerprint density at radius 3 is 2.88 bits per heavy atom. The lowest BCUT2D eigenvalue weighted by atomic mass is 9.92. The first kappa shape index (κ1) is 13.2. The molecule has 0 aromatic heterocycles. The lowest BCUT2D eigenvalue weighted by Crippen LogP contribution is -2.44. The highest BCUT2D eigenvalue weighted by molar-refractivity contribution is 8.00. The largest absolute Gasteiger partial charge is 0.409 e. The van der Waals surface area contributed by atoms with E-state index in [2.05, 4.69) is 10.5 Å². The van der Waals surface area contributed by atoms with E-state index in [0.717, 1.165) is 18.6 Å². The van der Waals surface area contributed by atoms with E-state index < -0.39 is 5.41 Å². The summed E-state index contributed by atoms with van der Waals surface area (Å²) < 4.78 is 0. The maximum Gasteiger partial charge on any atom is 0.233 e. The maximum absolute atomic E-state index is 11.7. The monoisotopic (exact) mass is 245 g/mol. The molecule has 1 rings (SSSR count). The fourth-order valence-electron chi connectivity index (χ4n) is 1.43. The molecular weight excluding hydrogens is 226 g/mol. The van der Waals surface area contributed by atoms with Crippen molar-refractivity contribution in [2.45, 2.75) is 31.9 Å². The predicted molar refractivity (Wildman–Crippen MR) is 65.7 cm³/mol. The van der Waals surface area contributed by atoms with Crippen molar-refractivity contribution < 1.29 is 10.0 Å². The fourth-order valence-corrected chi connectivity index (χ4v) is 2.62. The van der Waals surface area contributed by atoms with Gasteiger partial charge in [-0.1, -0.05) is 19.0 Å². The van der Waals surface area contributed by atoms with Crippen LogP contribution in [0, 0.1) is 5.41 Å². The minimum Gasteiger partial charge on any atom is -0.409 e. The minimum absolute atomic E-state index is 0.0568. The molecular formula is C10H19N3O2S. The molecule has 16 heavy (non-hydrogen) atoms.